The van der Waals surface area contributed by atoms with Crippen molar-refractivity contribution in [3.63, 3.8) is 0 Å². The zero-order valence-electron chi connectivity index (χ0n) is 17.6. The second-order valence-corrected chi connectivity index (χ2v) is 8.48. The van der Waals surface area contributed by atoms with E-state index < -0.39 is 6.17 Å². The van der Waals surface area contributed by atoms with Crippen LogP contribution in [-0.4, -0.2) is 17.4 Å². The van der Waals surface area contributed by atoms with Gasteiger partial charge in [-0.2, -0.15) is 0 Å². The van der Waals surface area contributed by atoms with Gasteiger partial charge in [0.1, 0.15) is 23.6 Å². The van der Waals surface area contributed by atoms with Crippen LogP contribution in [0.1, 0.15) is 36.2 Å². The third kappa shape index (κ3) is 4.62. The van der Waals surface area contributed by atoms with Crippen molar-refractivity contribution >= 4 is 49.2 Å². The van der Waals surface area contributed by atoms with Crippen LogP contribution in [0.2, 0.25) is 5.02 Å². The Hall–Kier alpha value is -2.95. The molecule has 1 aliphatic rings. The Bertz CT molecular complexity index is 1200. The van der Waals surface area contributed by atoms with Crippen LogP contribution in [0.25, 0.3) is 5.70 Å². The Kier molecular flexibility index (Phi) is 6.73. The van der Waals surface area contributed by atoms with E-state index in [1.165, 1.54) is 6.07 Å². The van der Waals surface area contributed by atoms with Crippen LogP contribution in [0, 0.1) is 5.82 Å². The lowest BCUT2D eigenvalue weighted by atomic mass is 10.1. The number of aromatic nitrogens is 1. The maximum atomic E-state index is 14.7. The molecule has 0 radical (unpaired) electrons. The van der Waals surface area contributed by atoms with Crippen molar-refractivity contribution in [3.8, 4) is 0 Å². The van der Waals surface area contributed by atoms with Gasteiger partial charge in [-0.25, -0.2) is 14.4 Å². The average molecular weight is 468 g/mol. The molecule has 0 bridgehead atoms. The number of rotatable bonds is 6. The SMILES string of the molecule is C=C(NC1=NC(c2ccccc2Cl)Nc2ncccc21)c1cc(P)cc(F)c1NCCC. The summed E-state index contributed by atoms with van der Waals surface area (Å²) in [5.41, 5.74) is 3.21. The highest BCUT2D eigenvalue weighted by atomic mass is 35.5. The van der Waals surface area contributed by atoms with Gasteiger partial charge in [-0.1, -0.05) is 43.3 Å². The molecule has 0 saturated carbocycles. The van der Waals surface area contributed by atoms with E-state index in [4.69, 9.17) is 16.6 Å². The van der Waals surface area contributed by atoms with Crippen molar-refractivity contribution < 1.29 is 4.39 Å². The number of hydrogen-bond acceptors (Lipinski definition) is 5. The Morgan fingerprint density at radius 3 is 2.84 bits per heavy atom. The molecule has 2 heterocycles. The van der Waals surface area contributed by atoms with Gasteiger partial charge in [0.05, 0.1) is 11.3 Å². The summed E-state index contributed by atoms with van der Waals surface area (Å²) in [7, 11) is 2.54. The Morgan fingerprint density at radius 1 is 1.25 bits per heavy atom. The summed E-state index contributed by atoms with van der Waals surface area (Å²) in [4.78, 5) is 9.31. The third-order valence-corrected chi connectivity index (χ3v) is 5.73. The summed E-state index contributed by atoms with van der Waals surface area (Å²) in [6, 6.07) is 14.6. The molecule has 1 aromatic heterocycles. The van der Waals surface area contributed by atoms with Gasteiger partial charge in [-0.3, -0.25) is 0 Å². The minimum absolute atomic E-state index is 0.327. The first-order valence-corrected chi connectivity index (χ1v) is 11.3. The lowest BCUT2D eigenvalue weighted by Gasteiger charge is -2.27. The molecule has 3 N–H and O–H groups in total. The molecule has 0 saturated heterocycles. The molecule has 2 aromatic carbocycles. The molecule has 32 heavy (non-hydrogen) atoms. The first-order valence-electron chi connectivity index (χ1n) is 10.3. The zero-order chi connectivity index (χ0) is 22.7. The van der Waals surface area contributed by atoms with Gasteiger partial charge in [0.2, 0.25) is 0 Å². The number of fused-ring (bicyclic) bond motifs is 1. The van der Waals surface area contributed by atoms with E-state index in [1.54, 1.807) is 6.20 Å². The lowest BCUT2D eigenvalue weighted by molar-refractivity contribution is 0.630. The number of nitrogens with zero attached hydrogens (tertiary/aromatic N) is 2. The van der Waals surface area contributed by atoms with Crippen LogP contribution < -0.4 is 21.3 Å². The molecule has 0 amide bonds. The predicted octanol–water partition coefficient (Wildman–Crippen LogP) is 5.33. The Morgan fingerprint density at radius 2 is 2.06 bits per heavy atom. The van der Waals surface area contributed by atoms with Crippen LogP contribution in [0.15, 0.2) is 66.3 Å². The highest BCUT2D eigenvalue weighted by molar-refractivity contribution is 7.27. The molecule has 1 aliphatic heterocycles. The van der Waals surface area contributed by atoms with Crippen LogP contribution in [0.4, 0.5) is 15.9 Å². The largest absolute Gasteiger partial charge is 0.382 e. The monoisotopic (exact) mass is 467 g/mol. The van der Waals surface area contributed by atoms with Gasteiger partial charge >= 0.3 is 0 Å². The summed E-state index contributed by atoms with van der Waals surface area (Å²) < 4.78 is 14.7. The molecule has 4 rings (SSSR count). The van der Waals surface area contributed by atoms with Crippen LogP contribution >= 0.6 is 20.8 Å². The summed E-state index contributed by atoms with van der Waals surface area (Å²) in [5.74, 6) is 0.933. The quantitative estimate of drug-likeness (QED) is 0.429. The number of pyridine rings is 1. The van der Waals surface area contributed by atoms with Gasteiger partial charge in [-0.15, -0.1) is 9.24 Å². The van der Waals surface area contributed by atoms with E-state index in [0.717, 1.165) is 22.9 Å². The molecular weight excluding hydrogens is 444 g/mol. The van der Waals surface area contributed by atoms with Gasteiger partial charge in [0.25, 0.3) is 0 Å². The van der Waals surface area contributed by atoms with Crippen molar-refractivity contribution in [2.75, 3.05) is 17.2 Å². The second-order valence-electron chi connectivity index (χ2n) is 7.40. The van der Waals surface area contributed by atoms with Crippen molar-refractivity contribution in [2.45, 2.75) is 19.5 Å². The summed E-state index contributed by atoms with van der Waals surface area (Å²) in [6.45, 7) is 6.87. The number of amidine groups is 1. The van der Waals surface area contributed by atoms with E-state index >= 15 is 0 Å². The molecular formula is C24H24ClFN5P. The first kappa shape index (κ1) is 22.3. The minimum Gasteiger partial charge on any atom is -0.382 e. The highest BCUT2D eigenvalue weighted by Crippen LogP contribution is 2.32. The molecule has 0 fully saturated rings. The van der Waals surface area contributed by atoms with Crippen molar-refractivity contribution in [1.82, 2.24) is 10.3 Å². The number of halogens is 2. The van der Waals surface area contributed by atoms with E-state index in [9.17, 15) is 4.39 Å². The summed E-state index contributed by atoms with van der Waals surface area (Å²) in [6.07, 6.45) is 2.16. The molecule has 2 atom stereocenters. The third-order valence-electron chi connectivity index (χ3n) is 5.05. The van der Waals surface area contributed by atoms with E-state index in [-0.39, 0.29) is 5.82 Å². The van der Waals surface area contributed by atoms with Crippen molar-refractivity contribution in [3.05, 3.63) is 88.8 Å². The molecule has 8 heteroatoms. The van der Waals surface area contributed by atoms with Gasteiger partial charge in [0.15, 0.2) is 0 Å². The number of nitrogens with one attached hydrogen (secondary N) is 3. The summed E-state index contributed by atoms with van der Waals surface area (Å²) >= 11 is 6.42. The number of anilines is 2. The normalized spacial score (nSPS) is 14.8. The smallest absolute Gasteiger partial charge is 0.149 e. The van der Waals surface area contributed by atoms with Crippen LogP contribution in [0.5, 0.6) is 0 Å². The zero-order valence-corrected chi connectivity index (χ0v) is 19.5. The summed E-state index contributed by atoms with van der Waals surface area (Å²) in [5, 5.41) is 11.1. The standard InChI is InChI=1S/C24H24ClFN5P/c1-3-10-27-21-18(12-15(32)13-20(21)26)14(2)29-24-17-8-6-11-28-22(17)30-23(31-24)16-7-4-5-9-19(16)25/h4-9,11-13,23,27H,2-3,10,32H2,1H3,(H,28,30)(H,29,31). The maximum absolute atomic E-state index is 14.7. The lowest BCUT2D eigenvalue weighted by Crippen LogP contribution is -2.30. The fourth-order valence-corrected chi connectivity index (χ4v) is 4.07. The first-order chi connectivity index (χ1) is 15.5. The number of aliphatic imine (C=N–C) groups is 1. The predicted molar refractivity (Wildman–Crippen MR) is 135 cm³/mol. The molecule has 164 valence electrons. The Balaban J connectivity index is 1.72. The molecule has 0 aliphatic carbocycles. The van der Waals surface area contributed by atoms with E-state index in [0.29, 0.717) is 40.2 Å². The molecule has 0 spiro atoms. The molecule has 5 nitrogen and oxygen atoms in total. The fraction of sp³-hybridized carbons (Fsp3) is 0.167. The fourth-order valence-electron chi connectivity index (χ4n) is 3.52. The minimum atomic E-state index is -0.427. The maximum Gasteiger partial charge on any atom is 0.149 e. The highest BCUT2D eigenvalue weighted by Gasteiger charge is 2.25. The van der Waals surface area contributed by atoms with Gasteiger partial charge in [0, 0.05) is 34.6 Å². The molecule has 2 unspecified atom stereocenters. The van der Waals surface area contributed by atoms with E-state index in [1.807, 2.05) is 49.4 Å². The average Bonchev–Trinajstić information content (AvgIpc) is 2.78. The van der Waals surface area contributed by atoms with Gasteiger partial charge < -0.3 is 16.0 Å². The number of hydrogen-bond donors (Lipinski definition) is 3. The molecule has 3 aromatic rings. The second kappa shape index (κ2) is 9.68. The van der Waals surface area contributed by atoms with Gasteiger partial charge in [-0.05, 0) is 42.1 Å². The van der Waals surface area contributed by atoms with Crippen molar-refractivity contribution in [1.29, 1.82) is 0 Å². The number of benzene rings is 2. The van der Waals surface area contributed by atoms with E-state index in [2.05, 4.69) is 36.8 Å². The van der Waals surface area contributed by atoms with Crippen LogP contribution in [-0.2, 0) is 0 Å². The Labute approximate surface area is 194 Å². The van der Waals surface area contributed by atoms with Crippen LogP contribution in [0.3, 0.4) is 0 Å². The topological polar surface area (TPSA) is 61.3 Å². The van der Waals surface area contributed by atoms with Crippen molar-refractivity contribution in [2.24, 2.45) is 4.99 Å².